The minimum Gasteiger partial charge on any atom is -0.211 e. The molecule has 0 aliphatic carbocycles. The minimum atomic E-state index is -3.70. The highest BCUT2D eigenvalue weighted by atomic mass is 35.7. The monoisotopic (exact) mass is 217 g/mol. The van der Waals surface area contributed by atoms with Crippen molar-refractivity contribution in [2.24, 2.45) is 4.99 Å². The summed E-state index contributed by atoms with van der Waals surface area (Å²) in [6.07, 6.45) is 1.33. The van der Waals surface area contributed by atoms with E-state index in [0.717, 1.165) is 0 Å². The molecule has 0 fully saturated rings. The average Bonchev–Trinajstić information content (AvgIpc) is 2.04. The Morgan fingerprint density at radius 1 is 1.23 bits per heavy atom. The van der Waals surface area contributed by atoms with Gasteiger partial charge in [0.25, 0.3) is 9.05 Å². The number of nitrogens with zero attached hydrogens (tertiary/aromatic N) is 1. The zero-order valence-corrected chi connectivity index (χ0v) is 7.84. The first kappa shape index (κ1) is 9.92. The second kappa shape index (κ2) is 3.70. The number of hydrogen-bond donors (Lipinski definition) is 0. The molecule has 0 heterocycles. The number of rotatable bonds is 2. The third-order valence-corrected chi connectivity index (χ3v) is 2.66. The number of hydrogen-bond acceptors (Lipinski definition) is 4. The van der Waals surface area contributed by atoms with E-state index < -0.39 is 9.05 Å². The van der Waals surface area contributed by atoms with E-state index in [1.165, 1.54) is 30.3 Å². The topological polar surface area (TPSA) is 63.6 Å². The number of halogens is 1. The normalized spacial score (nSPS) is 10.5. The summed E-state index contributed by atoms with van der Waals surface area (Å²) < 4.78 is 21.5. The second-order valence-corrected chi connectivity index (χ2v) is 4.70. The maximum atomic E-state index is 10.8. The van der Waals surface area contributed by atoms with E-state index in [9.17, 15) is 13.2 Å². The fourth-order valence-corrected chi connectivity index (χ4v) is 1.51. The van der Waals surface area contributed by atoms with E-state index in [4.69, 9.17) is 10.7 Å². The summed E-state index contributed by atoms with van der Waals surface area (Å²) in [6.45, 7) is 0. The summed E-state index contributed by atoms with van der Waals surface area (Å²) in [6, 6.07) is 5.25. The van der Waals surface area contributed by atoms with Gasteiger partial charge >= 0.3 is 0 Å². The predicted octanol–water partition coefficient (Wildman–Crippen LogP) is 1.58. The highest BCUT2D eigenvalue weighted by Gasteiger charge is 2.08. The van der Waals surface area contributed by atoms with Crippen LogP contribution in [-0.4, -0.2) is 14.5 Å². The van der Waals surface area contributed by atoms with Crippen LogP contribution in [0.15, 0.2) is 34.2 Å². The molecule has 0 unspecified atom stereocenters. The Morgan fingerprint density at radius 3 is 2.15 bits per heavy atom. The molecule has 0 aliphatic heterocycles. The minimum absolute atomic E-state index is 0.0287. The first-order valence-corrected chi connectivity index (χ1v) is 5.47. The van der Waals surface area contributed by atoms with Crippen LogP contribution in [0.4, 0.5) is 5.69 Å². The lowest BCUT2D eigenvalue weighted by Gasteiger charge is -1.94. The lowest BCUT2D eigenvalue weighted by Crippen LogP contribution is -1.88. The number of carbonyl (C=O) groups excluding carboxylic acids is 1. The van der Waals surface area contributed by atoms with E-state index >= 15 is 0 Å². The van der Waals surface area contributed by atoms with Crippen molar-refractivity contribution < 1.29 is 13.2 Å². The summed E-state index contributed by atoms with van der Waals surface area (Å²) in [5.74, 6) is 0. The zero-order valence-electron chi connectivity index (χ0n) is 6.27. The third-order valence-electron chi connectivity index (χ3n) is 1.29. The molecule has 0 atom stereocenters. The zero-order chi connectivity index (χ0) is 9.90. The van der Waals surface area contributed by atoms with Crippen molar-refractivity contribution in [3.63, 3.8) is 0 Å². The second-order valence-electron chi connectivity index (χ2n) is 2.13. The van der Waals surface area contributed by atoms with Gasteiger partial charge in [-0.2, -0.15) is 4.99 Å². The van der Waals surface area contributed by atoms with Crippen molar-refractivity contribution in [1.29, 1.82) is 0 Å². The highest BCUT2D eigenvalue weighted by Crippen LogP contribution is 2.18. The van der Waals surface area contributed by atoms with Crippen LogP contribution in [-0.2, 0) is 13.8 Å². The summed E-state index contributed by atoms with van der Waals surface area (Å²) in [5, 5.41) is 0. The standard InChI is InChI=1S/C7H4ClNO3S/c8-13(11,12)7-3-1-6(2-4-7)9-5-10/h1-4H. The first-order chi connectivity index (χ1) is 6.04. The van der Waals surface area contributed by atoms with E-state index in [-0.39, 0.29) is 4.90 Å². The van der Waals surface area contributed by atoms with Crippen LogP contribution in [0.25, 0.3) is 0 Å². The van der Waals surface area contributed by atoms with Gasteiger partial charge in [-0.3, -0.25) is 0 Å². The largest absolute Gasteiger partial charge is 0.261 e. The molecule has 0 saturated carbocycles. The third kappa shape index (κ3) is 2.66. The van der Waals surface area contributed by atoms with E-state index in [1.54, 1.807) is 0 Å². The molecule has 0 aromatic heterocycles. The Kier molecular flexibility index (Phi) is 2.83. The maximum Gasteiger partial charge on any atom is 0.261 e. The van der Waals surface area contributed by atoms with Crippen molar-refractivity contribution >= 4 is 31.5 Å². The van der Waals surface area contributed by atoms with Gasteiger partial charge in [0.1, 0.15) is 0 Å². The molecular weight excluding hydrogens is 214 g/mol. The molecule has 0 N–H and O–H groups in total. The van der Waals surface area contributed by atoms with Crippen LogP contribution >= 0.6 is 10.7 Å². The molecule has 13 heavy (non-hydrogen) atoms. The van der Waals surface area contributed by atoms with Gasteiger partial charge in [-0.15, -0.1) is 0 Å². The van der Waals surface area contributed by atoms with Gasteiger partial charge in [0.2, 0.25) is 6.08 Å². The molecule has 0 saturated heterocycles. The van der Waals surface area contributed by atoms with Crippen LogP contribution < -0.4 is 0 Å². The Labute approximate surface area is 79.3 Å². The number of benzene rings is 1. The fraction of sp³-hybridized carbons (Fsp3) is 0. The van der Waals surface area contributed by atoms with Gasteiger partial charge in [-0.25, -0.2) is 13.2 Å². The van der Waals surface area contributed by atoms with Crippen molar-refractivity contribution in [2.75, 3.05) is 0 Å². The molecule has 1 aromatic rings. The van der Waals surface area contributed by atoms with Crippen LogP contribution in [0, 0.1) is 0 Å². The van der Waals surface area contributed by atoms with Crippen LogP contribution in [0.5, 0.6) is 0 Å². The molecule has 68 valence electrons. The lowest BCUT2D eigenvalue weighted by molar-refractivity contribution is 0.565. The first-order valence-electron chi connectivity index (χ1n) is 3.16. The van der Waals surface area contributed by atoms with Crippen molar-refractivity contribution in [3.8, 4) is 0 Å². The van der Waals surface area contributed by atoms with Gasteiger partial charge in [-0.05, 0) is 24.3 Å². The Morgan fingerprint density at radius 2 is 1.77 bits per heavy atom. The SMILES string of the molecule is O=C=Nc1ccc(S(=O)(=O)Cl)cc1. The Bertz CT molecular complexity index is 445. The summed E-state index contributed by atoms with van der Waals surface area (Å²) in [4.78, 5) is 13.1. The van der Waals surface area contributed by atoms with Gasteiger partial charge in [-0.1, -0.05) is 0 Å². The van der Waals surface area contributed by atoms with E-state index in [2.05, 4.69) is 4.99 Å². The molecule has 6 heteroatoms. The summed E-state index contributed by atoms with van der Waals surface area (Å²) >= 11 is 0. The Balaban J connectivity index is 3.15. The molecule has 0 aliphatic rings. The van der Waals surface area contributed by atoms with Gasteiger partial charge in [0.05, 0.1) is 10.6 Å². The molecule has 0 radical (unpaired) electrons. The maximum absolute atomic E-state index is 10.8. The van der Waals surface area contributed by atoms with Gasteiger partial charge in [0, 0.05) is 10.7 Å². The highest BCUT2D eigenvalue weighted by molar-refractivity contribution is 8.13. The average molecular weight is 218 g/mol. The van der Waals surface area contributed by atoms with Crippen LogP contribution in [0.1, 0.15) is 0 Å². The van der Waals surface area contributed by atoms with Gasteiger partial charge in [0.15, 0.2) is 0 Å². The molecule has 0 bridgehead atoms. The van der Waals surface area contributed by atoms with Crippen LogP contribution in [0.3, 0.4) is 0 Å². The molecule has 0 amide bonds. The van der Waals surface area contributed by atoms with Crippen LogP contribution in [0.2, 0.25) is 0 Å². The van der Waals surface area contributed by atoms with Gasteiger partial charge < -0.3 is 0 Å². The van der Waals surface area contributed by atoms with E-state index in [0.29, 0.717) is 5.69 Å². The number of isocyanates is 1. The van der Waals surface area contributed by atoms with Crippen molar-refractivity contribution in [3.05, 3.63) is 24.3 Å². The molecular formula is C7H4ClNO3S. The molecule has 1 aromatic carbocycles. The smallest absolute Gasteiger partial charge is 0.211 e. The quantitative estimate of drug-likeness (QED) is 0.429. The van der Waals surface area contributed by atoms with Crippen molar-refractivity contribution in [1.82, 2.24) is 0 Å². The summed E-state index contributed by atoms with van der Waals surface area (Å²) in [7, 11) is 1.35. The van der Waals surface area contributed by atoms with E-state index in [1.807, 2.05) is 0 Å². The van der Waals surface area contributed by atoms with Crippen molar-refractivity contribution in [2.45, 2.75) is 4.90 Å². The lowest BCUT2D eigenvalue weighted by atomic mass is 10.3. The predicted molar refractivity (Wildman–Crippen MR) is 47.3 cm³/mol. The summed E-state index contributed by atoms with van der Waals surface area (Å²) in [5.41, 5.74) is 0.332. The molecule has 1 rings (SSSR count). The molecule has 0 spiro atoms. The fourth-order valence-electron chi connectivity index (χ4n) is 0.736. The molecule has 4 nitrogen and oxygen atoms in total. The number of aliphatic imine (C=N–C) groups is 1. The Hall–Kier alpha value is -1.16.